The van der Waals surface area contributed by atoms with Crippen molar-refractivity contribution in [1.29, 1.82) is 0 Å². The maximum absolute atomic E-state index is 2.45. The van der Waals surface area contributed by atoms with Crippen LogP contribution in [0.15, 0.2) is 200 Å². The van der Waals surface area contributed by atoms with Crippen LogP contribution in [-0.2, 0) is 0 Å². The van der Waals surface area contributed by atoms with Gasteiger partial charge in [-0.1, -0.05) is 152 Å². The molecule has 2 heterocycles. The quantitative estimate of drug-likeness (QED) is 0.164. The SMILES string of the molecule is c1ccc(-c2ccc(N(c3ccc(-c4cccc5ccccc45)cc3)c3ccc(-c4cccc5sc6ccccc6c45)cc3)c3sc4ccccc4c23)cc1. The molecule has 3 heteroatoms. The third kappa shape index (κ3) is 5.35. The van der Waals surface area contributed by atoms with Crippen molar-refractivity contribution in [3.8, 4) is 33.4 Å². The molecular formula is C52H33NS2. The molecule has 0 aliphatic rings. The van der Waals surface area contributed by atoms with E-state index in [4.69, 9.17) is 0 Å². The van der Waals surface area contributed by atoms with Crippen molar-refractivity contribution in [2.75, 3.05) is 4.90 Å². The van der Waals surface area contributed by atoms with Crippen molar-refractivity contribution in [2.24, 2.45) is 0 Å². The highest BCUT2D eigenvalue weighted by Crippen LogP contribution is 2.49. The van der Waals surface area contributed by atoms with Gasteiger partial charge < -0.3 is 4.90 Å². The number of thiophene rings is 2. The molecule has 11 aromatic rings. The molecule has 0 radical (unpaired) electrons. The maximum atomic E-state index is 2.45. The fourth-order valence-electron chi connectivity index (χ4n) is 8.35. The Morgan fingerprint density at radius 1 is 0.309 bits per heavy atom. The lowest BCUT2D eigenvalue weighted by atomic mass is 9.97. The normalized spacial score (nSPS) is 11.6. The van der Waals surface area contributed by atoms with Gasteiger partial charge >= 0.3 is 0 Å². The van der Waals surface area contributed by atoms with Gasteiger partial charge in [-0.3, -0.25) is 0 Å². The summed E-state index contributed by atoms with van der Waals surface area (Å²) in [4.78, 5) is 2.45. The molecule has 258 valence electrons. The number of hydrogen-bond donors (Lipinski definition) is 0. The Hall–Kier alpha value is -6.52. The third-order valence-corrected chi connectivity index (χ3v) is 13.2. The Bertz CT molecular complexity index is 3180. The molecule has 55 heavy (non-hydrogen) atoms. The minimum absolute atomic E-state index is 1.12. The molecule has 9 aromatic carbocycles. The van der Waals surface area contributed by atoms with Gasteiger partial charge in [-0.2, -0.15) is 0 Å². The van der Waals surface area contributed by atoms with Crippen LogP contribution in [0.1, 0.15) is 0 Å². The summed E-state index contributed by atoms with van der Waals surface area (Å²) in [6.45, 7) is 0. The summed E-state index contributed by atoms with van der Waals surface area (Å²) in [5.41, 5.74) is 10.8. The van der Waals surface area contributed by atoms with Crippen molar-refractivity contribution in [3.05, 3.63) is 200 Å². The topological polar surface area (TPSA) is 3.24 Å². The summed E-state index contributed by atoms with van der Waals surface area (Å²) in [5.74, 6) is 0. The molecule has 0 spiro atoms. The van der Waals surface area contributed by atoms with Crippen LogP contribution < -0.4 is 4.90 Å². The standard InChI is InChI=1S/C52H33NS2/c1-2-12-35(13-3-1)43-32-33-46(52-51(43)45-18-7-9-22-48(45)55-52)53(38-28-24-36(25-29-38)41-19-10-15-34-14-4-5-16-40(34)41)39-30-26-37(27-31-39)42-20-11-23-49-50(42)44-17-6-8-21-47(44)54-49/h1-33H. The Balaban J connectivity index is 1.10. The number of anilines is 3. The lowest BCUT2D eigenvalue weighted by Crippen LogP contribution is -2.10. The van der Waals surface area contributed by atoms with Gasteiger partial charge in [0.1, 0.15) is 0 Å². The van der Waals surface area contributed by atoms with Crippen LogP contribution in [0.3, 0.4) is 0 Å². The van der Waals surface area contributed by atoms with E-state index in [-0.39, 0.29) is 0 Å². The van der Waals surface area contributed by atoms with E-state index in [1.807, 2.05) is 22.7 Å². The fourth-order valence-corrected chi connectivity index (χ4v) is 10.7. The molecular weight excluding hydrogens is 703 g/mol. The lowest BCUT2D eigenvalue weighted by Gasteiger charge is -2.27. The van der Waals surface area contributed by atoms with Crippen molar-refractivity contribution in [1.82, 2.24) is 0 Å². The average Bonchev–Trinajstić information content (AvgIpc) is 3.84. The van der Waals surface area contributed by atoms with Gasteiger partial charge in [0.2, 0.25) is 0 Å². The summed E-state index contributed by atoms with van der Waals surface area (Å²) in [5, 5.41) is 7.76. The van der Waals surface area contributed by atoms with Crippen LogP contribution in [0.2, 0.25) is 0 Å². The van der Waals surface area contributed by atoms with E-state index in [1.54, 1.807) is 0 Å². The molecule has 0 amide bonds. The Kier molecular flexibility index (Phi) is 7.61. The first-order chi connectivity index (χ1) is 27.3. The van der Waals surface area contributed by atoms with Gasteiger partial charge in [-0.05, 0) is 92.7 Å². The number of rotatable bonds is 6. The average molecular weight is 736 g/mol. The lowest BCUT2D eigenvalue weighted by molar-refractivity contribution is 1.30. The predicted molar refractivity (Wildman–Crippen MR) is 241 cm³/mol. The van der Waals surface area contributed by atoms with Gasteiger partial charge in [0.15, 0.2) is 0 Å². The molecule has 2 aromatic heterocycles. The maximum Gasteiger partial charge on any atom is 0.0640 e. The van der Waals surface area contributed by atoms with E-state index in [1.165, 1.54) is 90.2 Å². The minimum atomic E-state index is 1.12. The van der Waals surface area contributed by atoms with Gasteiger partial charge in [-0.25, -0.2) is 0 Å². The Labute approximate surface area is 327 Å². The largest absolute Gasteiger partial charge is 0.309 e. The molecule has 0 N–H and O–H groups in total. The first-order valence-electron chi connectivity index (χ1n) is 18.7. The summed E-state index contributed by atoms with van der Waals surface area (Å²) in [7, 11) is 0. The number of fused-ring (bicyclic) bond motifs is 7. The van der Waals surface area contributed by atoms with Gasteiger partial charge in [0.05, 0.1) is 10.4 Å². The molecule has 11 rings (SSSR count). The molecule has 0 bridgehead atoms. The number of hydrogen-bond acceptors (Lipinski definition) is 3. The van der Waals surface area contributed by atoms with Crippen LogP contribution in [0.4, 0.5) is 17.1 Å². The first kappa shape index (κ1) is 32.0. The Morgan fingerprint density at radius 2 is 0.818 bits per heavy atom. The Morgan fingerprint density at radius 3 is 1.56 bits per heavy atom. The zero-order valence-electron chi connectivity index (χ0n) is 29.8. The second-order valence-corrected chi connectivity index (χ2v) is 16.2. The van der Waals surface area contributed by atoms with Crippen molar-refractivity contribution >= 4 is 90.9 Å². The monoisotopic (exact) mass is 735 g/mol. The van der Waals surface area contributed by atoms with E-state index in [2.05, 4.69) is 205 Å². The molecule has 0 fully saturated rings. The highest BCUT2D eigenvalue weighted by Gasteiger charge is 2.21. The van der Waals surface area contributed by atoms with Gasteiger partial charge in [0.25, 0.3) is 0 Å². The molecule has 0 atom stereocenters. The molecule has 0 unspecified atom stereocenters. The summed E-state index contributed by atoms with van der Waals surface area (Å²) in [6, 6.07) is 73.3. The predicted octanol–water partition coefficient (Wildman–Crippen LogP) is 16.0. The van der Waals surface area contributed by atoms with E-state index in [9.17, 15) is 0 Å². The van der Waals surface area contributed by atoms with Gasteiger partial charge in [0, 0.05) is 47.0 Å². The molecule has 0 saturated carbocycles. The summed E-state index contributed by atoms with van der Waals surface area (Å²) >= 11 is 3.75. The van der Waals surface area contributed by atoms with Crippen LogP contribution >= 0.6 is 22.7 Å². The first-order valence-corrected chi connectivity index (χ1v) is 20.3. The highest BCUT2D eigenvalue weighted by molar-refractivity contribution is 7.26. The third-order valence-electron chi connectivity index (χ3n) is 10.9. The summed E-state index contributed by atoms with van der Waals surface area (Å²) in [6.07, 6.45) is 0. The van der Waals surface area contributed by atoms with E-state index < -0.39 is 0 Å². The highest BCUT2D eigenvalue weighted by atomic mass is 32.1. The van der Waals surface area contributed by atoms with Crippen LogP contribution in [0.25, 0.3) is 84.5 Å². The van der Waals surface area contributed by atoms with Crippen molar-refractivity contribution < 1.29 is 0 Å². The molecule has 0 saturated heterocycles. The summed E-state index contributed by atoms with van der Waals surface area (Å²) < 4.78 is 5.21. The van der Waals surface area contributed by atoms with Crippen LogP contribution in [0, 0.1) is 0 Å². The van der Waals surface area contributed by atoms with Crippen molar-refractivity contribution in [3.63, 3.8) is 0 Å². The van der Waals surface area contributed by atoms with E-state index in [0.29, 0.717) is 0 Å². The van der Waals surface area contributed by atoms with Gasteiger partial charge in [-0.15, -0.1) is 22.7 Å². The van der Waals surface area contributed by atoms with E-state index in [0.717, 1.165) is 11.4 Å². The minimum Gasteiger partial charge on any atom is -0.309 e. The van der Waals surface area contributed by atoms with Crippen LogP contribution in [-0.4, -0.2) is 0 Å². The number of nitrogens with zero attached hydrogens (tertiary/aromatic N) is 1. The van der Waals surface area contributed by atoms with Crippen molar-refractivity contribution in [2.45, 2.75) is 0 Å². The molecule has 0 aliphatic heterocycles. The number of benzene rings is 9. The molecule has 1 nitrogen and oxygen atoms in total. The smallest absolute Gasteiger partial charge is 0.0640 e. The second kappa shape index (κ2) is 13.1. The zero-order valence-corrected chi connectivity index (χ0v) is 31.4. The van der Waals surface area contributed by atoms with E-state index >= 15 is 0 Å². The molecule has 0 aliphatic carbocycles. The fraction of sp³-hybridized carbons (Fsp3) is 0. The second-order valence-electron chi connectivity index (χ2n) is 14.0. The van der Waals surface area contributed by atoms with Crippen LogP contribution in [0.5, 0.6) is 0 Å². The zero-order chi connectivity index (χ0) is 36.3.